The maximum absolute atomic E-state index is 13.1. The summed E-state index contributed by atoms with van der Waals surface area (Å²) >= 11 is 8.96. The molecule has 2 nitrogen and oxygen atoms in total. The molecule has 0 bridgehead atoms. The van der Waals surface area contributed by atoms with Gasteiger partial charge in [-0.15, -0.1) is 0 Å². The molecule has 18 heavy (non-hydrogen) atoms. The summed E-state index contributed by atoms with van der Waals surface area (Å²) in [5.74, 6) is 0.0717. The van der Waals surface area contributed by atoms with Crippen LogP contribution < -0.4 is 4.74 Å². The molecule has 2 rings (SSSR count). The van der Waals surface area contributed by atoms with Crippen LogP contribution in [0, 0.1) is 5.82 Å². The summed E-state index contributed by atoms with van der Waals surface area (Å²) in [6.45, 7) is 0. The predicted octanol–water partition coefficient (Wildman–Crippen LogP) is 4.85. The fourth-order valence-electron chi connectivity index (χ4n) is 1.44. The second kappa shape index (κ2) is 5.50. The zero-order valence-electron chi connectivity index (χ0n) is 8.99. The second-order valence-electron chi connectivity index (χ2n) is 3.48. The first kappa shape index (κ1) is 13.1. The van der Waals surface area contributed by atoms with Gasteiger partial charge in [0.25, 0.3) is 0 Å². The van der Waals surface area contributed by atoms with Gasteiger partial charge in [0.15, 0.2) is 6.29 Å². The number of aldehydes is 1. The molecular weight excluding hydrogens is 322 g/mol. The van der Waals surface area contributed by atoms with Crippen molar-refractivity contribution >= 4 is 33.8 Å². The highest BCUT2D eigenvalue weighted by molar-refractivity contribution is 9.10. The fraction of sp³-hybridized carbons (Fsp3) is 0. The molecule has 0 aliphatic heterocycles. The van der Waals surface area contributed by atoms with Crippen LogP contribution in [0.4, 0.5) is 4.39 Å². The number of carbonyl (C=O) groups is 1. The van der Waals surface area contributed by atoms with Crippen LogP contribution in [0.5, 0.6) is 11.5 Å². The molecule has 2 aromatic carbocycles. The average Bonchev–Trinajstić information content (AvgIpc) is 2.27. The molecule has 0 amide bonds. The van der Waals surface area contributed by atoms with E-state index in [1.54, 1.807) is 18.2 Å². The van der Waals surface area contributed by atoms with Gasteiger partial charge in [-0.3, -0.25) is 4.79 Å². The van der Waals surface area contributed by atoms with Crippen molar-refractivity contribution in [1.82, 2.24) is 0 Å². The van der Waals surface area contributed by atoms with E-state index in [9.17, 15) is 9.18 Å². The monoisotopic (exact) mass is 328 g/mol. The highest BCUT2D eigenvalue weighted by atomic mass is 79.9. The molecule has 5 heteroatoms. The Morgan fingerprint density at radius 2 is 2.06 bits per heavy atom. The zero-order valence-corrected chi connectivity index (χ0v) is 11.3. The quantitative estimate of drug-likeness (QED) is 0.753. The summed E-state index contributed by atoms with van der Waals surface area (Å²) in [6, 6.07) is 8.90. The fourth-order valence-corrected chi connectivity index (χ4v) is 2.09. The van der Waals surface area contributed by atoms with Crippen molar-refractivity contribution in [2.45, 2.75) is 0 Å². The standard InChI is InChI=1S/C13H7BrClFO2/c14-12-2-1-3-13(11(12)7-17)18-10-5-8(15)4-9(16)6-10/h1-7H. The lowest BCUT2D eigenvalue weighted by molar-refractivity contribution is 0.112. The van der Waals surface area contributed by atoms with Crippen LogP contribution in [-0.2, 0) is 0 Å². The third-order valence-corrected chi connectivity index (χ3v) is 3.10. The van der Waals surface area contributed by atoms with Gasteiger partial charge >= 0.3 is 0 Å². The minimum atomic E-state index is -0.500. The number of ether oxygens (including phenoxy) is 1. The average molecular weight is 330 g/mol. The summed E-state index contributed by atoms with van der Waals surface area (Å²) in [4.78, 5) is 11.0. The van der Waals surface area contributed by atoms with Gasteiger partial charge in [-0.2, -0.15) is 0 Å². The van der Waals surface area contributed by atoms with Crippen LogP contribution in [0.15, 0.2) is 40.9 Å². The van der Waals surface area contributed by atoms with Crippen molar-refractivity contribution in [3.05, 3.63) is 57.3 Å². The van der Waals surface area contributed by atoms with E-state index in [1.807, 2.05) is 0 Å². The molecule has 0 N–H and O–H groups in total. The number of carbonyl (C=O) groups excluding carboxylic acids is 1. The van der Waals surface area contributed by atoms with E-state index in [-0.39, 0.29) is 10.8 Å². The van der Waals surface area contributed by atoms with Crippen molar-refractivity contribution in [1.29, 1.82) is 0 Å². The molecule has 0 radical (unpaired) electrons. The van der Waals surface area contributed by atoms with Gasteiger partial charge < -0.3 is 4.74 Å². The first-order valence-corrected chi connectivity index (χ1v) is 6.15. The Labute approximate surface area is 116 Å². The van der Waals surface area contributed by atoms with Gasteiger partial charge in [-0.25, -0.2) is 4.39 Å². The summed E-state index contributed by atoms with van der Waals surface area (Å²) in [7, 11) is 0. The lowest BCUT2D eigenvalue weighted by atomic mass is 10.2. The van der Waals surface area contributed by atoms with Crippen LogP contribution in [0.3, 0.4) is 0 Å². The van der Waals surface area contributed by atoms with Crippen molar-refractivity contribution < 1.29 is 13.9 Å². The molecule has 0 saturated heterocycles. The number of rotatable bonds is 3. The minimum Gasteiger partial charge on any atom is -0.456 e. The van der Waals surface area contributed by atoms with Gasteiger partial charge in [-0.1, -0.05) is 17.7 Å². The van der Waals surface area contributed by atoms with E-state index in [4.69, 9.17) is 16.3 Å². The largest absolute Gasteiger partial charge is 0.456 e. The van der Waals surface area contributed by atoms with Gasteiger partial charge in [0.2, 0.25) is 0 Å². The highest BCUT2D eigenvalue weighted by Gasteiger charge is 2.09. The topological polar surface area (TPSA) is 26.3 Å². The maximum atomic E-state index is 13.1. The molecule has 92 valence electrons. The molecule has 0 heterocycles. The second-order valence-corrected chi connectivity index (χ2v) is 4.77. The molecule has 0 aliphatic carbocycles. The Balaban J connectivity index is 2.39. The minimum absolute atomic E-state index is 0.229. The summed E-state index contributed by atoms with van der Waals surface area (Å²) in [5.41, 5.74) is 0.359. The Kier molecular flexibility index (Phi) is 3.99. The SMILES string of the molecule is O=Cc1c(Br)cccc1Oc1cc(F)cc(Cl)c1. The van der Waals surface area contributed by atoms with E-state index in [1.165, 1.54) is 18.2 Å². The molecule has 2 aromatic rings. The molecular formula is C13H7BrClFO2. The van der Waals surface area contributed by atoms with Gasteiger partial charge in [-0.05, 0) is 40.2 Å². The van der Waals surface area contributed by atoms with Gasteiger partial charge in [0.05, 0.1) is 5.56 Å². The van der Waals surface area contributed by atoms with Crippen molar-refractivity contribution in [2.24, 2.45) is 0 Å². The lowest BCUT2D eigenvalue weighted by Gasteiger charge is -2.09. The van der Waals surface area contributed by atoms with Crippen LogP contribution >= 0.6 is 27.5 Å². The van der Waals surface area contributed by atoms with E-state index < -0.39 is 5.82 Å². The molecule has 0 saturated carbocycles. The first-order valence-electron chi connectivity index (χ1n) is 4.98. The summed E-state index contributed by atoms with van der Waals surface area (Å²) < 4.78 is 19.2. The van der Waals surface area contributed by atoms with Crippen molar-refractivity contribution in [3.8, 4) is 11.5 Å². The van der Waals surface area contributed by atoms with E-state index in [0.717, 1.165) is 0 Å². The summed E-state index contributed by atoms with van der Waals surface area (Å²) in [5, 5.41) is 0.229. The first-order chi connectivity index (χ1) is 8.60. The van der Waals surface area contributed by atoms with E-state index >= 15 is 0 Å². The number of halogens is 3. The van der Waals surface area contributed by atoms with Crippen LogP contribution in [0.1, 0.15) is 10.4 Å². The zero-order chi connectivity index (χ0) is 13.1. The van der Waals surface area contributed by atoms with Crippen LogP contribution in [-0.4, -0.2) is 6.29 Å². The van der Waals surface area contributed by atoms with E-state index in [2.05, 4.69) is 15.9 Å². The molecule has 0 unspecified atom stereocenters. The van der Waals surface area contributed by atoms with Crippen molar-refractivity contribution in [2.75, 3.05) is 0 Å². The molecule has 0 spiro atoms. The van der Waals surface area contributed by atoms with Crippen LogP contribution in [0.25, 0.3) is 0 Å². The lowest BCUT2D eigenvalue weighted by Crippen LogP contribution is -1.92. The smallest absolute Gasteiger partial charge is 0.154 e. The Bertz CT molecular complexity index is 581. The maximum Gasteiger partial charge on any atom is 0.154 e. The molecule has 0 atom stereocenters. The number of benzene rings is 2. The Hall–Kier alpha value is -1.39. The predicted molar refractivity (Wildman–Crippen MR) is 71.0 cm³/mol. The molecule has 0 fully saturated rings. The third kappa shape index (κ3) is 2.89. The Morgan fingerprint density at radius 3 is 2.72 bits per heavy atom. The number of hydrogen-bond acceptors (Lipinski definition) is 2. The normalized spacial score (nSPS) is 10.2. The van der Waals surface area contributed by atoms with Gasteiger partial charge in [0.1, 0.15) is 17.3 Å². The van der Waals surface area contributed by atoms with Crippen LogP contribution in [0.2, 0.25) is 5.02 Å². The number of hydrogen-bond donors (Lipinski definition) is 0. The summed E-state index contributed by atoms with van der Waals surface area (Å²) in [6.07, 6.45) is 0.667. The third-order valence-electron chi connectivity index (χ3n) is 2.19. The van der Waals surface area contributed by atoms with Crippen molar-refractivity contribution in [3.63, 3.8) is 0 Å². The highest BCUT2D eigenvalue weighted by Crippen LogP contribution is 2.30. The Morgan fingerprint density at radius 1 is 1.28 bits per heavy atom. The van der Waals surface area contributed by atoms with Gasteiger partial charge in [0, 0.05) is 15.6 Å². The van der Waals surface area contributed by atoms with E-state index in [0.29, 0.717) is 22.1 Å². The molecule has 0 aromatic heterocycles. The molecule has 0 aliphatic rings.